The van der Waals surface area contributed by atoms with Crippen molar-refractivity contribution in [2.75, 3.05) is 32.7 Å². The van der Waals surface area contributed by atoms with Gasteiger partial charge in [0.2, 0.25) is 11.6 Å². The molecule has 3 N–H and O–H groups in total. The molecule has 0 bridgehead atoms. The number of hydrogen-bond donors (Lipinski definition) is 2. The Bertz CT molecular complexity index is 1280. The summed E-state index contributed by atoms with van der Waals surface area (Å²) in [4.78, 5) is 37.8. The summed E-state index contributed by atoms with van der Waals surface area (Å²) < 4.78 is 51.1. The quantitative estimate of drug-likeness (QED) is 0.176. The van der Waals surface area contributed by atoms with Crippen molar-refractivity contribution >= 4 is 40.5 Å². The van der Waals surface area contributed by atoms with Gasteiger partial charge in [-0.15, -0.1) is 0 Å². The maximum atomic E-state index is 15.5. The lowest BCUT2D eigenvalue weighted by Crippen LogP contribution is -2.55. The van der Waals surface area contributed by atoms with E-state index >= 15 is 4.39 Å². The van der Waals surface area contributed by atoms with Crippen molar-refractivity contribution in [3.8, 4) is 0 Å². The summed E-state index contributed by atoms with van der Waals surface area (Å²) in [5, 5.41) is 10.6. The van der Waals surface area contributed by atoms with E-state index in [1.54, 1.807) is 0 Å². The van der Waals surface area contributed by atoms with Crippen LogP contribution in [0.15, 0.2) is 30.6 Å². The van der Waals surface area contributed by atoms with E-state index in [2.05, 4.69) is 15.0 Å². The van der Waals surface area contributed by atoms with Gasteiger partial charge in [-0.2, -0.15) is 9.97 Å². The topological polar surface area (TPSA) is 161 Å². The van der Waals surface area contributed by atoms with Gasteiger partial charge in [0.05, 0.1) is 26.1 Å². The van der Waals surface area contributed by atoms with Crippen molar-refractivity contribution in [2.24, 2.45) is 0 Å². The molecule has 0 saturated heterocycles. The van der Waals surface area contributed by atoms with Crippen molar-refractivity contribution in [1.82, 2.24) is 19.5 Å². The third-order valence-electron chi connectivity index (χ3n) is 5.72. The number of methoxy groups -OCH3 is 1. The minimum Gasteiger partial charge on any atom is -0.463 e. The number of carbonyl (C=O) groups excluding carboxylic acids is 2. The molecule has 12 nitrogen and oxygen atoms in total. The number of fused-ring (bicyclic) bond motifs is 1. The van der Waals surface area contributed by atoms with Gasteiger partial charge in [0, 0.05) is 13.5 Å². The number of aromatic nitrogens is 4. The van der Waals surface area contributed by atoms with Crippen LogP contribution in [-0.4, -0.2) is 81.3 Å². The molecule has 1 aromatic carbocycles. The van der Waals surface area contributed by atoms with Gasteiger partial charge >= 0.3 is 11.9 Å². The van der Waals surface area contributed by atoms with E-state index in [0.717, 1.165) is 23.0 Å². The molecule has 39 heavy (non-hydrogen) atoms. The highest BCUT2D eigenvalue weighted by Crippen LogP contribution is 2.28. The molecule has 0 aliphatic rings. The Morgan fingerprint density at radius 1 is 1.15 bits per heavy atom. The van der Waals surface area contributed by atoms with E-state index in [0.29, 0.717) is 5.56 Å². The number of anilines is 1. The van der Waals surface area contributed by atoms with Crippen molar-refractivity contribution in [3.63, 3.8) is 0 Å². The predicted octanol–water partition coefficient (Wildman–Crippen LogP) is 2.17. The number of benzene rings is 1. The molecule has 3 rings (SSSR count). The number of nitrogens with zero attached hydrogens (tertiary/aromatic N) is 4. The first-order valence-corrected chi connectivity index (χ1v) is 12.2. The van der Waals surface area contributed by atoms with Crippen molar-refractivity contribution < 1.29 is 42.4 Å². The van der Waals surface area contributed by atoms with E-state index in [4.69, 9.17) is 36.3 Å². The number of alkyl halides is 1. The predicted molar refractivity (Wildman–Crippen MR) is 134 cm³/mol. The van der Waals surface area contributed by atoms with Crippen LogP contribution in [0.5, 0.6) is 0 Å². The zero-order valence-electron chi connectivity index (χ0n) is 21.3. The summed E-state index contributed by atoms with van der Waals surface area (Å²) in [5.74, 6) is -2.80. The molecule has 0 fully saturated rings. The van der Waals surface area contributed by atoms with Crippen LogP contribution in [0.2, 0.25) is 5.28 Å². The summed E-state index contributed by atoms with van der Waals surface area (Å²) in [5.41, 5.74) is 3.70. The van der Waals surface area contributed by atoms with Gasteiger partial charge in [-0.25, -0.2) is 23.4 Å². The number of esters is 2. The van der Waals surface area contributed by atoms with Gasteiger partial charge < -0.3 is 29.8 Å². The van der Waals surface area contributed by atoms with Crippen LogP contribution in [0.25, 0.3) is 11.2 Å². The van der Waals surface area contributed by atoms with E-state index in [1.165, 1.54) is 33.1 Å². The average Bonchev–Trinajstić information content (AvgIpc) is 3.33. The molecule has 3 atom stereocenters. The van der Waals surface area contributed by atoms with E-state index in [1.807, 2.05) is 0 Å². The number of nitrogens with two attached hydrogens (primary N) is 1. The largest absolute Gasteiger partial charge is 0.463 e. The van der Waals surface area contributed by atoms with Gasteiger partial charge in [-0.05, 0) is 43.1 Å². The maximum Gasteiger partial charge on any atom is 0.350 e. The molecule has 3 aromatic rings. The normalized spacial score (nSPS) is 14.1. The smallest absolute Gasteiger partial charge is 0.350 e. The summed E-state index contributed by atoms with van der Waals surface area (Å²) in [7, 11) is 1.17. The first-order valence-electron chi connectivity index (χ1n) is 11.8. The van der Waals surface area contributed by atoms with Crippen LogP contribution in [0, 0.1) is 5.82 Å². The third-order valence-corrected chi connectivity index (χ3v) is 5.89. The molecule has 0 saturated carbocycles. The number of hydrogen-bond acceptors (Lipinski definition) is 11. The zero-order chi connectivity index (χ0) is 28.7. The number of aliphatic hydroxyl groups excluding tert-OH is 1. The van der Waals surface area contributed by atoms with Crippen LogP contribution in [0.3, 0.4) is 0 Å². The lowest BCUT2D eigenvalue weighted by molar-refractivity contribution is -0.199. The lowest BCUT2D eigenvalue weighted by atomic mass is 9.93. The molecule has 0 spiro atoms. The fourth-order valence-corrected chi connectivity index (χ4v) is 3.92. The standard InChI is InChI=1S/C24H28ClF2N5O7/c1-4-37-21(34)24(22(35)38-5-2,10-13-6-8-14(26)9-7-13)39-11-15(36-3)17(33)18(27)32-12-29-16-19(28)30-23(25)31-20(16)32/h6-9,12,15,17-18,33H,4-5,10-11H2,1-3H3,(H2,28,30,31)/t15-,17-,18-/m1/s1. The number of nitrogen functional groups attached to an aromatic ring is 1. The van der Waals surface area contributed by atoms with Crippen molar-refractivity contribution in [2.45, 2.75) is 44.4 Å². The lowest BCUT2D eigenvalue weighted by Gasteiger charge is -2.32. The van der Waals surface area contributed by atoms with Gasteiger partial charge in [0.25, 0.3) is 5.60 Å². The summed E-state index contributed by atoms with van der Waals surface area (Å²) in [6.45, 7) is 2.19. The zero-order valence-corrected chi connectivity index (χ0v) is 22.1. The molecule has 2 heterocycles. The highest BCUT2D eigenvalue weighted by atomic mass is 35.5. The van der Waals surface area contributed by atoms with E-state index in [9.17, 15) is 19.1 Å². The Morgan fingerprint density at radius 2 is 1.77 bits per heavy atom. The van der Waals surface area contributed by atoms with Crippen LogP contribution in [0.4, 0.5) is 14.6 Å². The van der Waals surface area contributed by atoms with Crippen molar-refractivity contribution in [3.05, 3.63) is 47.3 Å². The fraction of sp³-hybridized carbons (Fsp3) is 0.458. The first kappa shape index (κ1) is 30.1. The van der Waals surface area contributed by atoms with Crippen LogP contribution in [-0.2, 0) is 35.0 Å². The van der Waals surface area contributed by atoms with Gasteiger partial charge in [0.15, 0.2) is 11.5 Å². The molecule has 0 aliphatic carbocycles. The number of ether oxygens (including phenoxy) is 4. The maximum absolute atomic E-state index is 15.5. The van der Waals surface area contributed by atoms with Crippen LogP contribution < -0.4 is 5.73 Å². The second-order valence-electron chi connectivity index (χ2n) is 8.22. The van der Waals surface area contributed by atoms with Crippen LogP contribution >= 0.6 is 11.6 Å². The summed E-state index contributed by atoms with van der Waals surface area (Å²) >= 11 is 5.83. The Labute approximate surface area is 227 Å². The van der Waals surface area contributed by atoms with E-state index < -0.39 is 54.9 Å². The second-order valence-corrected chi connectivity index (χ2v) is 8.56. The monoisotopic (exact) mass is 571 g/mol. The first-order chi connectivity index (χ1) is 18.6. The van der Waals surface area contributed by atoms with E-state index in [-0.39, 0.29) is 35.5 Å². The molecular weight excluding hydrogens is 544 g/mol. The number of carbonyl (C=O) groups is 2. The average molecular weight is 572 g/mol. The SMILES string of the molecule is CCOC(=O)C(Cc1ccc(F)cc1)(OC[C@@H](OC)[C@@H](O)[C@H](F)n1cnc2c(N)nc(Cl)nc21)C(=O)OCC. The molecule has 0 amide bonds. The Morgan fingerprint density at radius 3 is 2.33 bits per heavy atom. The van der Waals surface area contributed by atoms with Gasteiger partial charge in [0.1, 0.15) is 23.5 Å². The number of halogens is 3. The highest BCUT2D eigenvalue weighted by molar-refractivity contribution is 6.28. The Hall–Kier alpha value is -3.46. The minimum atomic E-state index is -2.37. The fourth-order valence-electron chi connectivity index (χ4n) is 3.74. The molecular formula is C24H28ClF2N5O7. The number of rotatable bonds is 13. The molecule has 0 radical (unpaired) electrons. The second kappa shape index (κ2) is 13.1. The summed E-state index contributed by atoms with van der Waals surface area (Å²) in [6.07, 6.45) is -4.91. The summed E-state index contributed by atoms with van der Waals surface area (Å²) in [6, 6.07) is 5.00. The Kier molecular flexibility index (Phi) is 10.1. The van der Waals surface area contributed by atoms with Gasteiger partial charge in [-0.1, -0.05) is 12.1 Å². The van der Waals surface area contributed by atoms with Gasteiger partial charge in [-0.3, -0.25) is 4.57 Å². The molecule has 212 valence electrons. The highest BCUT2D eigenvalue weighted by Gasteiger charge is 2.51. The molecule has 2 aromatic heterocycles. The molecule has 0 unspecified atom stereocenters. The third kappa shape index (κ3) is 6.58. The number of imidazole rings is 1. The van der Waals surface area contributed by atoms with Crippen molar-refractivity contribution in [1.29, 1.82) is 0 Å². The molecule has 0 aliphatic heterocycles. The number of aliphatic hydroxyl groups is 1. The molecule has 15 heteroatoms. The Balaban J connectivity index is 1.92. The minimum absolute atomic E-state index is 0.0578. The van der Waals surface area contributed by atoms with Crippen LogP contribution in [0.1, 0.15) is 25.7 Å².